The number of hydrazine groups is 1. The van der Waals surface area contributed by atoms with Crippen molar-refractivity contribution < 1.29 is 10.0 Å². The predicted molar refractivity (Wildman–Crippen MR) is 43.5 cm³/mol. The van der Waals surface area contributed by atoms with Gasteiger partial charge in [0.1, 0.15) is 0 Å². The van der Waals surface area contributed by atoms with Gasteiger partial charge < -0.3 is 0 Å². The van der Waals surface area contributed by atoms with E-state index in [0.29, 0.717) is 0 Å². The highest BCUT2D eigenvalue weighted by Gasteiger charge is 2.18. The van der Waals surface area contributed by atoms with Crippen LogP contribution in [0.2, 0.25) is 0 Å². The van der Waals surface area contributed by atoms with Crippen molar-refractivity contribution in [2.45, 2.75) is 19.3 Å². The Balaban J connectivity index is 2.39. The number of nitrogens with one attached hydrogen (secondary N) is 1. The molecule has 1 aliphatic rings. The van der Waals surface area contributed by atoms with Gasteiger partial charge in [0, 0.05) is 20.1 Å². The van der Waals surface area contributed by atoms with Crippen LogP contribution in [0.5, 0.6) is 0 Å². The molecule has 1 saturated heterocycles. The Morgan fingerprint density at radius 3 is 2.50 bits per heavy atom. The van der Waals surface area contributed by atoms with Gasteiger partial charge in [-0.2, -0.15) is 0 Å². The molecule has 0 atom stereocenters. The molecule has 12 heavy (non-hydrogen) atoms. The molecule has 2 N–H and O–H groups in total. The molecule has 0 bridgehead atoms. The maximum absolute atomic E-state index is 10.9. The average molecular weight is 173 g/mol. The van der Waals surface area contributed by atoms with Gasteiger partial charge in [-0.15, -0.1) is 0 Å². The number of carbonyl (C=O) groups excluding carboxylic acids is 1. The van der Waals surface area contributed by atoms with Gasteiger partial charge in [0.25, 0.3) is 0 Å². The molecule has 1 heterocycles. The standard InChI is InChI=1S/C7H15N3O2/c1-9(7(11)8-12)10-5-3-2-4-6-10/h12H,2-6H2,1H3,(H,8,11). The lowest BCUT2D eigenvalue weighted by Gasteiger charge is -2.33. The fourth-order valence-corrected chi connectivity index (χ4v) is 1.38. The van der Waals surface area contributed by atoms with Gasteiger partial charge >= 0.3 is 6.03 Å². The van der Waals surface area contributed by atoms with Gasteiger partial charge in [-0.05, 0) is 12.8 Å². The number of hydrogen-bond donors (Lipinski definition) is 2. The maximum atomic E-state index is 10.9. The van der Waals surface area contributed by atoms with Crippen LogP contribution in [0.3, 0.4) is 0 Å². The molecule has 0 saturated carbocycles. The number of carbonyl (C=O) groups is 1. The quantitative estimate of drug-likeness (QED) is 0.446. The van der Waals surface area contributed by atoms with E-state index in [-0.39, 0.29) is 0 Å². The molecule has 0 aliphatic carbocycles. The first-order valence-corrected chi connectivity index (χ1v) is 4.18. The summed E-state index contributed by atoms with van der Waals surface area (Å²) in [6, 6.07) is -0.475. The summed E-state index contributed by atoms with van der Waals surface area (Å²) < 4.78 is 0. The van der Waals surface area contributed by atoms with Crippen molar-refractivity contribution in [1.29, 1.82) is 0 Å². The largest absolute Gasteiger partial charge is 0.355 e. The minimum Gasteiger partial charge on any atom is -0.287 e. The summed E-state index contributed by atoms with van der Waals surface area (Å²) in [5.41, 5.74) is 1.61. The smallest absolute Gasteiger partial charge is 0.287 e. The van der Waals surface area contributed by atoms with Crippen LogP contribution in [-0.2, 0) is 0 Å². The van der Waals surface area contributed by atoms with E-state index in [1.165, 1.54) is 11.4 Å². The number of nitrogens with zero attached hydrogens (tertiary/aromatic N) is 2. The summed E-state index contributed by atoms with van der Waals surface area (Å²) in [5.74, 6) is 0. The van der Waals surface area contributed by atoms with Crippen molar-refractivity contribution in [3.8, 4) is 0 Å². The Morgan fingerprint density at radius 2 is 2.00 bits per heavy atom. The molecule has 1 aliphatic heterocycles. The van der Waals surface area contributed by atoms with E-state index in [9.17, 15) is 4.79 Å². The van der Waals surface area contributed by atoms with E-state index in [0.717, 1.165) is 25.9 Å². The number of hydrogen-bond acceptors (Lipinski definition) is 3. The lowest BCUT2D eigenvalue weighted by atomic mass is 10.2. The Hall–Kier alpha value is -0.810. The van der Waals surface area contributed by atoms with Crippen molar-refractivity contribution in [1.82, 2.24) is 15.5 Å². The van der Waals surface area contributed by atoms with Crippen LogP contribution in [0.15, 0.2) is 0 Å². The first-order valence-electron chi connectivity index (χ1n) is 4.18. The summed E-state index contributed by atoms with van der Waals surface area (Å²) in [5, 5.41) is 11.7. The third-order valence-corrected chi connectivity index (χ3v) is 2.15. The zero-order valence-electron chi connectivity index (χ0n) is 7.29. The van der Waals surface area contributed by atoms with Crippen molar-refractivity contribution in [3.05, 3.63) is 0 Å². The first kappa shape index (κ1) is 9.28. The lowest BCUT2D eigenvalue weighted by molar-refractivity contribution is 0.00356. The normalized spacial score (nSPS) is 18.8. The Labute approximate surface area is 71.9 Å². The summed E-state index contributed by atoms with van der Waals surface area (Å²) in [6.07, 6.45) is 3.46. The second kappa shape index (κ2) is 4.27. The zero-order chi connectivity index (χ0) is 8.97. The molecule has 5 heteroatoms. The van der Waals surface area contributed by atoms with E-state index in [4.69, 9.17) is 5.21 Å². The molecule has 1 fully saturated rings. The van der Waals surface area contributed by atoms with Crippen molar-refractivity contribution in [2.24, 2.45) is 0 Å². The fraction of sp³-hybridized carbons (Fsp3) is 0.857. The third kappa shape index (κ3) is 2.09. The molecule has 1 rings (SSSR count). The van der Waals surface area contributed by atoms with Gasteiger partial charge in [0.05, 0.1) is 0 Å². The van der Waals surface area contributed by atoms with Gasteiger partial charge in [0.2, 0.25) is 0 Å². The summed E-state index contributed by atoms with van der Waals surface area (Å²) in [6.45, 7) is 1.79. The SMILES string of the molecule is CN(C(=O)NO)N1CCCCC1. The number of urea groups is 1. The first-order chi connectivity index (χ1) is 5.75. The minimum absolute atomic E-state index is 0.475. The zero-order valence-corrected chi connectivity index (χ0v) is 7.29. The van der Waals surface area contributed by atoms with Crippen molar-refractivity contribution >= 4 is 6.03 Å². The molecular weight excluding hydrogens is 158 g/mol. The fourth-order valence-electron chi connectivity index (χ4n) is 1.38. The molecule has 2 amide bonds. The van der Waals surface area contributed by atoms with Crippen LogP contribution < -0.4 is 5.48 Å². The van der Waals surface area contributed by atoms with Crippen LogP contribution in [0.4, 0.5) is 4.79 Å². The Kier molecular flexibility index (Phi) is 3.31. The summed E-state index contributed by atoms with van der Waals surface area (Å²) >= 11 is 0. The second-order valence-corrected chi connectivity index (χ2v) is 2.95. The van der Waals surface area contributed by atoms with E-state index >= 15 is 0 Å². The topological polar surface area (TPSA) is 55.8 Å². The highest BCUT2D eigenvalue weighted by molar-refractivity contribution is 5.71. The van der Waals surface area contributed by atoms with Gasteiger partial charge in [-0.1, -0.05) is 6.42 Å². The van der Waals surface area contributed by atoms with Crippen LogP contribution in [-0.4, -0.2) is 41.4 Å². The molecule has 0 radical (unpaired) electrons. The van der Waals surface area contributed by atoms with Crippen LogP contribution in [0.1, 0.15) is 19.3 Å². The highest BCUT2D eigenvalue weighted by atomic mass is 16.5. The number of hydroxylamine groups is 1. The van der Waals surface area contributed by atoms with E-state index < -0.39 is 6.03 Å². The Morgan fingerprint density at radius 1 is 1.42 bits per heavy atom. The lowest BCUT2D eigenvalue weighted by Crippen LogP contribution is -2.49. The van der Waals surface area contributed by atoms with E-state index in [2.05, 4.69) is 0 Å². The molecule has 0 unspecified atom stereocenters. The van der Waals surface area contributed by atoms with Crippen molar-refractivity contribution in [2.75, 3.05) is 20.1 Å². The molecule has 0 aromatic heterocycles. The van der Waals surface area contributed by atoms with E-state index in [1.54, 1.807) is 12.5 Å². The predicted octanol–water partition coefficient (Wildman–Crippen LogP) is 0.418. The van der Waals surface area contributed by atoms with Gasteiger partial charge in [-0.3, -0.25) is 10.2 Å². The molecule has 0 aromatic carbocycles. The van der Waals surface area contributed by atoms with E-state index in [1.807, 2.05) is 5.01 Å². The summed E-state index contributed by atoms with van der Waals surface area (Å²) in [4.78, 5) is 10.9. The molecule has 5 nitrogen and oxygen atoms in total. The minimum atomic E-state index is -0.475. The molecule has 0 aromatic rings. The number of rotatable bonds is 1. The average Bonchev–Trinajstić information content (AvgIpc) is 2.17. The van der Waals surface area contributed by atoms with Crippen molar-refractivity contribution in [3.63, 3.8) is 0 Å². The monoisotopic (exact) mass is 173 g/mol. The van der Waals surface area contributed by atoms with Crippen LogP contribution in [0.25, 0.3) is 0 Å². The maximum Gasteiger partial charge on any atom is 0.355 e. The second-order valence-electron chi connectivity index (χ2n) is 2.95. The Bertz CT molecular complexity index is 157. The molecular formula is C7H15N3O2. The highest BCUT2D eigenvalue weighted by Crippen LogP contribution is 2.09. The number of piperidine rings is 1. The van der Waals surface area contributed by atoms with Crippen LogP contribution >= 0.6 is 0 Å². The van der Waals surface area contributed by atoms with Gasteiger partial charge in [-0.25, -0.2) is 15.3 Å². The summed E-state index contributed by atoms with van der Waals surface area (Å²) in [7, 11) is 1.65. The third-order valence-electron chi connectivity index (χ3n) is 2.15. The molecule has 70 valence electrons. The van der Waals surface area contributed by atoms with Gasteiger partial charge in [0.15, 0.2) is 0 Å². The molecule has 0 spiro atoms. The number of amides is 2. The van der Waals surface area contributed by atoms with Crippen LogP contribution in [0, 0.1) is 0 Å².